The van der Waals surface area contributed by atoms with Gasteiger partial charge < -0.3 is 5.32 Å². The molecule has 2 aromatic heterocycles. The lowest BCUT2D eigenvalue weighted by Gasteiger charge is -2.05. The zero-order valence-electron chi connectivity index (χ0n) is 12.5. The Labute approximate surface area is 140 Å². The maximum Gasteiger partial charge on any atom is 0.329 e. The number of para-hydroxylation sites is 2. The van der Waals surface area contributed by atoms with Gasteiger partial charge in [0.25, 0.3) is 0 Å². The Morgan fingerprint density at radius 1 is 1.17 bits per heavy atom. The fourth-order valence-electron chi connectivity index (χ4n) is 2.51. The number of carbonyl (C=O) groups excluding carboxylic acids is 1. The zero-order valence-corrected chi connectivity index (χ0v) is 14.1. The number of anilines is 1. The van der Waals surface area contributed by atoms with Crippen LogP contribution in [0.15, 0.2) is 51.9 Å². The van der Waals surface area contributed by atoms with Crippen LogP contribution in [0.2, 0.25) is 0 Å². The van der Waals surface area contributed by atoms with Crippen LogP contribution in [0.4, 0.5) is 5.82 Å². The van der Waals surface area contributed by atoms with Crippen LogP contribution < -0.4 is 11.0 Å². The van der Waals surface area contributed by atoms with Gasteiger partial charge in [-0.05, 0) is 47.1 Å². The molecule has 0 saturated heterocycles. The molecular formula is C16H15BrN4O2. The highest BCUT2D eigenvalue weighted by molar-refractivity contribution is 9.10. The molecule has 6 nitrogen and oxygen atoms in total. The van der Waals surface area contributed by atoms with Gasteiger partial charge in [0.05, 0.1) is 11.0 Å². The Morgan fingerprint density at radius 2 is 1.87 bits per heavy atom. The lowest BCUT2D eigenvalue weighted by Crippen LogP contribution is -2.29. The Bertz CT molecular complexity index is 912. The number of rotatable bonds is 4. The topological polar surface area (TPSA) is 68.9 Å². The quantitative estimate of drug-likeness (QED) is 0.762. The van der Waals surface area contributed by atoms with Gasteiger partial charge in [0, 0.05) is 17.2 Å². The van der Waals surface area contributed by atoms with E-state index >= 15 is 0 Å². The number of nitrogens with zero attached hydrogens (tertiary/aromatic N) is 3. The van der Waals surface area contributed by atoms with Gasteiger partial charge in [0.15, 0.2) is 0 Å². The number of aromatic nitrogens is 3. The Kier molecular flexibility index (Phi) is 4.29. The van der Waals surface area contributed by atoms with E-state index in [-0.39, 0.29) is 18.1 Å². The minimum atomic E-state index is -0.291. The molecule has 1 aromatic carbocycles. The molecule has 3 rings (SSSR count). The number of imidazole rings is 1. The Hall–Kier alpha value is -2.41. The number of hydrogen-bond donors (Lipinski definition) is 1. The van der Waals surface area contributed by atoms with Crippen LogP contribution >= 0.6 is 15.9 Å². The average Bonchev–Trinajstić information content (AvgIpc) is 2.81. The number of halogens is 1. The normalized spacial score (nSPS) is 10.9. The first-order valence-electron chi connectivity index (χ1n) is 7.19. The SMILES string of the molecule is CCn1c(=O)n(CC(=O)Nc2ccc(Br)cn2)c2ccccc21. The van der Waals surface area contributed by atoms with Gasteiger partial charge in [-0.25, -0.2) is 9.78 Å². The van der Waals surface area contributed by atoms with E-state index in [1.807, 2.05) is 31.2 Å². The minimum Gasteiger partial charge on any atom is -0.309 e. The summed E-state index contributed by atoms with van der Waals surface area (Å²) >= 11 is 3.29. The highest BCUT2D eigenvalue weighted by Crippen LogP contribution is 2.13. The third-order valence-electron chi connectivity index (χ3n) is 3.54. The van der Waals surface area contributed by atoms with Crippen molar-refractivity contribution in [2.45, 2.75) is 20.0 Å². The molecule has 0 atom stereocenters. The van der Waals surface area contributed by atoms with Crippen LogP contribution in [0.1, 0.15) is 6.92 Å². The predicted molar refractivity (Wildman–Crippen MR) is 92.4 cm³/mol. The molecule has 0 aliphatic carbocycles. The van der Waals surface area contributed by atoms with Crippen LogP contribution in [-0.2, 0) is 17.9 Å². The van der Waals surface area contributed by atoms with Crippen LogP contribution in [0.5, 0.6) is 0 Å². The van der Waals surface area contributed by atoms with E-state index < -0.39 is 0 Å². The van der Waals surface area contributed by atoms with Gasteiger partial charge in [-0.1, -0.05) is 12.1 Å². The van der Waals surface area contributed by atoms with Crippen LogP contribution in [-0.4, -0.2) is 20.0 Å². The summed E-state index contributed by atoms with van der Waals surface area (Å²) in [6.45, 7) is 2.41. The summed E-state index contributed by atoms with van der Waals surface area (Å²) in [4.78, 5) is 28.8. The van der Waals surface area contributed by atoms with Crippen molar-refractivity contribution in [1.82, 2.24) is 14.1 Å². The van der Waals surface area contributed by atoms with Crippen LogP contribution in [0.25, 0.3) is 11.0 Å². The van der Waals surface area contributed by atoms with Crippen molar-refractivity contribution in [1.29, 1.82) is 0 Å². The number of aryl methyl sites for hydroxylation is 1. The molecule has 0 aliphatic heterocycles. The average molecular weight is 375 g/mol. The summed E-state index contributed by atoms with van der Waals surface area (Å²) < 4.78 is 3.96. The molecule has 1 amide bonds. The predicted octanol–water partition coefficient (Wildman–Crippen LogP) is 2.62. The monoisotopic (exact) mass is 374 g/mol. The molecule has 0 radical (unpaired) electrons. The third-order valence-corrected chi connectivity index (χ3v) is 4.01. The molecule has 118 valence electrons. The van der Waals surface area contributed by atoms with Gasteiger partial charge in [-0.2, -0.15) is 0 Å². The molecule has 23 heavy (non-hydrogen) atoms. The second-order valence-electron chi connectivity index (χ2n) is 5.01. The zero-order chi connectivity index (χ0) is 16.4. The van der Waals surface area contributed by atoms with Gasteiger partial charge in [0.2, 0.25) is 5.91 Å². The fraction of sp³-hybridized carbons (Fsp3) is 0.188. The van der Waals surface area contributed by atoms with Crippen molar-refractivity contribution in [3.05, 3.63) is 57.6 Å². The second kappa shape index (κ2) is 6.37. The summed E-state index contributed by atoms with van der Waals surface area (Å²) in [7, 11) is 0. The largest absolute Gasteiger partial charge is 0.329 e. The highest BCUT2D eigenvalue weighted by Gasteiger charge is 2.14. The highest BCUT2D eigenvalue weighted by atomic mass is 79.9. The fourth-order valence-corrected chi connectivity index (χ4v) is 2.74. The van der Waals surface area contributed by atoms with Crippen molar-refractivity contribution in [2.75, 3.05) is 5.32 Å². The number of benzene rings is 1. The molecule has 3 aromatic rings. The van der Waals surface area contributed by atoms with Gasteiger partial charge in [-0.3, -0.25) is 13.9 Å². The van der Waals surface area contributed by atoms with E-state index in [0.717, 1.165) is 15.5 Å². The van der Waals surface area contributed by atoms with Crippen LogP contribution in [0, 0.1) is 0 Å². The maximum atomic E-state index is 12.5. The molecular weight excluding hydrogens is 360 g/mol. The number of fused-ring (bicyclic) bond motifs is 1. The number of carbonyl (C=O) groups is 1. The summed E-state index contributed by atoms with van der Waals surface area (Å²) in [6.07, 6.45) is 1.60. The van der Waals surface area contributed by atoms with Gasteiger partial charge in [-0.15, -0.1) is 0 Å². The van der Waals surface area contributed by atoms with Crippen molar-refractivity contribution in [3.8, 4) is 0 Å². The molecule has 0 aliphatic rings. The van der Waals surface area contributed by atoms with E-state index in [0.29, 0.717) is 12.4 Å². The number of nitrogens with one attached hydrogen (secondary N) is 1. The number of pyridine rings is 1. The Morgan fingerprint density at radius 3 is 2.48 bits per heavy atom. The minimum absolute atomic E-state index is 0.0515. The molecule has 0 spiro atoms. The smallest absolute Gasteiger partial charge is 0.309 e. The first-order valence-corrected chi connectivity index (χ1v) is 7.99. The van der Waals surface area contributed by atoms with E-state index in [9.17, 15) is 9.59 Å². The lowest BCUT2D eigenvalue weighted by molar-refractivity contribution is -0.116. The number of hydrogen-bond acceptors (Lipinski definition) is 3. The summed E-state index contributed by atoms with van der Waals surface area (Å²) in [5.74, 6) is 0.159. The third kappa shape index (κ3) is 3.05. The van der Waals surface area contributed by atoms with Gasteiger partial charge in [0.1, 0.15) is 12.4 Å². The van der Waals surface area contributed by atoms with E-state index in [1.54, 1.807) is 22.9 Å². The first-order chi connectivity index (χ1) is 11.1. The molecule has 0 saturated carbocycles. The summed E-state index contributed by atoms with van der Waals surface area (Å²) in [5, 5.41) is 2.70. The first kappa shape index (κ1) is 15.5. The van der Waals surface area contributed by atoms with E-state index in [1.165, 1.54) is 4.57 Å². The second-order valence-corrected chi connectivity index (χ2v) is 5.93. The molecule has 0 bridgehead atoms. The van der Waals surface area contributed by atoms with Crippen molar-refractivity contribution in [2.24, 2.45) is 0 Å². The van der Waals surface area contributed by atoms with E-state index in [4.69, 9.17) is 0 Å². The molecule has 1 N–H and O–H groups in total. The standard InChI is InChI=1S/C16H15BrN4O2/c1-2-20-12-5-3-4-6-13(12)21(16(20)23)10-15(22)19-14-8-7-11(17)9-18-14/h3-9H,2,10H2,1H3,(H,18,19,22). The van der Waals surface area contributed by atoms with Crippen molar-refractivity contribution >= 4 is 38.7 Å². The molecule has 7 heteroatoms. The van der Waals surface area contributed by atoms with Crippen molar-refractivity contribution in [3.63, 3.8) is 0 Å². The molecule has 2 heterocycles. The number of amides is 1. The van der Waals surface area contributed by atoms with Gasteiger partial charge >= 0.3 is 5.69 Å². The molecule has 0 fully saturated rings. The summed E-state index contributed by atoms with van der Waals surface area (Å²) in [6, 6.07) is 10.9. The van der Waals surface area contributed by atoms with Crippen molar-refractivity contribution < 1.29 is 4.79 Å². The lowest BCUT2D eigenvalue weighted by atomic mass is 10.3. The van der Waals surface area contributed by atoms with Crippen LogP contribution in [0.3, 0.4) is 0 Å². The maximum absolute atomic E-state index is 12.5. The Balaban J connectivity index is 1.89. The van der Waals surface area contributed by atoms with E-state index in [2.05, 4.69) is 26.2 Å². The summed E-state index contributed by atoms with van der Waals surface area (Å²) in [5.41, 5.74) is 1.39. The molecule has 0 unspecified atom stereocenters.